The zero-order valence-electron chi connectivity index (χ0n) is 16.7. The molecule has 0 aliphatic carbocycles. The Hall–Kier alpha value is -3.44. The van der Waals surface area contributed by atoms with Crippen molar-refractivity contribution in [3.63, 3.8) is 0 Å². The predicted molar refractivity (Wildman–Crippen MR) is 121 cm³/mol. The van der Waals surface area contributed by atoms with Crippen LogP contribution in [0.1, 0.15) is 11.3 Å². The van der Waals surface area contributed by atoms with Crippen molar-refractivity contribution in [2.45, 2.75) is 17.0 Å². The summed E-state index contributed by atoms with van der Waals surface area (Å²) in [6, 6.07) is 11.9. The molecule has 0 atom stereocenters. The second kappa shape index (κ2) is 9.14. The van der Waals surface area contributed by atoms with Crippen LogP contribution in [0.4, 0.5) is 15.6 Å². The first-order valence-electron chi connectivity index (χ1n) is 9.19. The number of rotatable bonds is 6. The van der Waals surface area contributed by atoms with E-state index in [0.29, 0.717) is 38.0 Å². The van der Waals surface area contributed by atoms with E-state index in [1.165, 1.54) is 40.7 Å². The number of nitrogens with zero attached hydrogens (tertiary/aromatic N) is 4. The second-order valence-electron chi connectivity index (χ2n) is 6.41. The fourth-order valence-corrected chi connectivity index (χ4v) is 4.48. The highest BCUT2D eigenvalue weighted by Gasteiger charge is 2.12. The highest BCUT2D eigenvalue weighted by atomic mass is 32.2. The number of amides is 2. The molecule has 158 valence electrons. The lowest BCUT2D eigenvalue weighted by atomic mass is 10.3. The van der Waals surface area contributed by atoms with Gasteiger partial charge in [0.15, 0.2) is 4.34 Å². The third kappa shape index (κ3) is 4.84. The van der Waals surface area contributed by atoms with Gasteiger partial charge in [0.05, 0.1) is 18.5 Å². The van der Waals surface area contributed by atoms with Gasteiger partial charge >= 0.3 is 6.03 Å². The number of carbonyl (C=O) groups is 1. The van der Waals surface area contributed by atoms with Crippen molar-refractivity contribution in [3.05, 3.63) is 70.3 Å². The maximum absolute atomic E-state index is 12.3. The van der Waals surface area contributed by atoms with Crippen LogP contribution in [-0.4, -0.2) is 32.7 Å². The summed E-state index contributed by atoms with van der Waals surface area (Å²) >= 11 is 2.64. The van der Waals surface area contributed by atoms with Crippen LogP contribution >= 0.6 is 23.1 Å². The van der Waals surface area contributed by atoms with Gasteiger partial charge in [-0.1, -0.05) is 41.3 Å². The average Bonchev–Trinajstić information content (AvgIpc) is 3.20. The summed E-state index contributed by atoms with van der Waals surface area (Å²) in [6.07, 6.45) is 1.70. The molecule has 0 aliphatic rings. The zero-order chi connectivity index (χ0) is 21.8. The van der Waals surface area contributed by atoms with E-state index in [9.17, 15) is 9.59 Å². The van der Waals surface area contributed by atoms with Gasteiger partial charge in [0.25, 0.3) is 5.56 Å². The normalized spacial score (nSPS) is 10.8. The number of ether oxygens (including phenoxy) is 1. The molecular formula is C20H18N6O3S2. The van der Waals surface area contributed by atoms with Gasteiger partial charge in [-0.05, 0) is 30.7 Å². The minimum atomic E-state index is -0.447. The van der Waals surface area contributed by atoms with Gasteiger partial charge in [0, 0.05) is 18.0 Å². The molecule has 2 N–H and O–H groups in total. The van der Waals surface area contributed by atoms with E-state index >= 15 is 0 Å². The van der Waals surface area contributed by atoms with Gasteiger partial charge in [0.2, 0.25) is 5.13 Å². The number of aryl methyl sites for hydroxylation is 1. The molecule has 0 bridgehead atoms. The van der Waals surface area contributed by atoms with Crippen molar-refractivity contribution in [1.29, 1.82) is 0 Å². The first-order chi connectivity index (χ1) is 15.0. The summed E-state index contributed by atoms with van der Waals surface area (Å²) in [5.74, 6) is 1.02. The van der Waals surface area contributed by atoms with Crippen LogP contribution in [0, 0.1) is 6.92 Å². The van der Waals surface area contributed by atoms with Crippen LogP contribution < -0.4 is 20.9 Å². The van der Waals surface area contributed by atoms with Crippen molar-refractivity contribution >= 4 is 45.6 Å². The van der Waals surface area contributed by atoms with Gasteiger partial charge in [-0.3, -0.25) is 14.5 Å². The quantitative estimate of drug-likeness (QED) is 0.337. The molecule has 0 aliphatic heterocycles. The van der Waals surface area contributed by atoms with Crippen LogP contribution in [0.3, 0.4) is 0 Å². The highest BCUT2D eigenvalue weighted by Crippen LogP contribution is 2.28. The van der Waals surface area contributed by atoms with Gasteiger partial charge < -0.3 is 10.1 Å². The number of pyridine rings is 1. The number of methoxy groups -OCH3 is 1. The van der Waals surface area contributed by atoms with Crippen LogP contribution in [0.25, 0.3) is 5.65 Å². The molecule has 0 fully saturated rings. The van der Waals surface area contributed by atoms with E-state index in [2.05, 4.69) is 25.8 Å². The number of carbonyl (C=O) groups excluding carboxylic acids is 1. The summed E-state index contributed by atoms with van der Waals surface area (Å²) in [6.45, 7) is 1.91. The van der Waals surface area contributed by atoms with E-state index in [0.717, 1.165) is 5.56 Å². The van der Waals surface area contributed by atoms with E-state index < -0.39 is 6.03 Å². The van der Waals surface area contributed by atoms with Gasteiger partial charge in [-0.25, -0.2) is 9.78 Å². The smallest absolute Gasteiger partial charge is 0.325 e. The van der Waals surface area contributed by atoms with Crippen molar-refractivity contribution in [2.75, 3.05) is 17.7 Å². The van der Waals surface area contributed by atoms with Crippen molar-refractivity contribution in [3.8, 4) is 5.75 Å². The Kier molecular flexibility index (Phi) is 6.14. The molecule has 4 rings (SSSR count). The molecule has 4 aromatic rings. The fraction of sp³-hybridized carbons (Fsp3) is 0.150. The van der Waals surface area contributed by atoms with Gasteiger partial charge in [0.1, 0.15) is 11.4 Å². The lowest BCUT2D eigenvalue weighted by molar-refractivity contribution is 0.262. The largest absolute Gasteiger partial charge is 0.495 e. The molecule has 31 heavy (non-hydrogen) atoms. The second-order valence-corrected chi connectivity index (χ2v) is 8.61. The third-order valence-electron chi connectivity index (χ3n) is 4.26. The van der Waals surface area contributed by atoms with E-state index in [1.54, 1.807) is 24.4 Å². The standard InChI is InChI=1S/C20H18N6O3S2/c1-12-6-5-9-26-16(27)10-13(21-17(12)26)11-30-20-25-24-19(31-20)23-18(28)22-14-7-3-4-8-15(14)29-2/h3-10H,11H2,1-2H3,(H2,22,23,24,28). The lowest BCUT2D eigenvalue weighted by Gasteiger charge is -2.09. The minimum absolute atomic E-state index is 0.128. The molecule has 0 unspecified atom stereocenters. The van der Waals surface area contributed by atoms with Crippen molar-refractivity contribution in [2.24, 2.45) is 0 Å². The molecule has 11 heteroatoms. The Balaban J connectivity index is 1.39. The lowest BCUT2D eigenvalue weighted by Crippen LogP contribution is -2.19. The molecule has 0 radical (unpaired) electrons. The number of aromatic nitrogens is 4. The van der Waals surface area contributed by atoms with Gasteiger partial charge in [-0.2, -0.15) is 0 Å². The number of thioether (sulfide) groups is 1. The summed E-state index contributed by atoms with van der Waals surface area (Å²) in [7, 11) is 1.53. The Labute approximate surface area is 185 Å². The SMILES string of the molecule is COc1ccccc1NC(=O)Nc1nnc(SCc2cc(=O)n3cccc(C)c3n2)s1. The Morgan fingerprint density at radius 1 is 1.19 bits per heavy atom. The number of fused-ring (bicyclic) bond motifs is 1. The van der Waals surface area contributed by atoms with Crippen molar-refractivity contribution < 1.29 is 9.53 Å². The van der Waals surface area contributed by atoms with Crippen LogP contribution in [0.2, 0.25) is 0 Å². The number of hydrogen-bond acceptors (Lipinski definition) is 8. The Bertz CT molecular complexity index is 1300. The Morgan fingerprint density at radius 2 is 2.03 bits per heavy atom. The highest BCUT2D eigenvalue weighted by molar-refractivity contribution is 8.00. The fourth-order valence-electron chi connectivity index (χ4n) is 2.84. The summed E-state index contributed by atoms with van der Waals surface area (Å²) in [4.78, 5) is 29.1. The molecular weight excluding hydrogens is 436 g/mol. The minimum Gasteiger partial charge on any atom is -0.495 e. The molecule has 0 spiro atoms. The molecule has 3 heterocycles. The summed E-state index contributed by atoms with van der Waals surface area (Å²) in [5, 5.41) is 13.8. The molecule has 0 saturated heterocycles. The maximum Gasteiger partial charge on any atom is 0.325 e. The summed E-state index contributed by atoms with van der Waals surface area (Å²) in [5.41, 5.74) is 2.64. The first kappa shape index (κ1) is 20.8. The van der Waals surface area contributed by atoms with E-state index in [4.69, 9.17) is 4.74 Å². The van der Waals surface area contributed by atoms with E-state index in [-0.39, 0.29) is 5.56 Å². The predicted octanol–water partition coefficient (Wildman–Crippen LogP) is 3.80. The third-order valence-corrected chi connectivity index (χ3v) is 6.27. The number of benzene rings is 1. The number of anilines is 2. The molecule has 0 saturated carbocycles. The van der Waals surface area contributed by atoms with E-state index in [1.807, 2.05) is 25.1 Å². The zero-order valence-corrected chi connectivity index (χ0v) is 18.3. The molecule has 2 amide bonds. The molecule has 3 aromatic heterocycles. The number of urea groups is 1. The van der Waals surface area contributed by atoms with Gasteiger partial charge in [-0.15, -0.1) is 10.2 Å². The first-order valence-corrected chi connectivity index (χ1v) is 11.0. The average molecular weight is 455 g/mol. The van der Waals surface area contributed by atoms with Crippen LogP contribution in [0.5, 0.6) is 5.75 Å². The van der Waals surface area contributed by atoms with Crippen molar-refractivity contribution in [1.82, 2.24) is 19.6 Å². The molecule has 9 nitrogen and oxygen atoms in total. The Morgan fingerprint density at radius 3 is 2.87 bits per heavy atom. The maximum atomic E-state index is 12.3. The monoisotopic (exact) mass is 454 g/mol. The van der Waals surface area contributed by atoms with Crippen LogP contribution in [-0.2, 0) is 5.75 Å². The van der Waals surface area contributed by atoms with Crippen LogP contribution in [0.15, 0.2) is 57.8 Å². The molecule has 1 aromatic carbocycles. The summed E-state index contributed by atoms with van der Waals surface area (Å²) < 4.78 is 7.39. The topological polar surface area (TPSA) is 111 Å². The number of para-hydroxylation sites is 2. The number of hydrogen-bond donors (Lipinski definition) is 2. The number of nitrogens with one attached hydrogen (secondary N) is 2.